The number of nitrogens with zero attached hydrogens (tertiary/aromatic N) is 2. The number of para-hydroxylation sites is 2. The van der Waals surface area contributed by atoms with Crippen molar-refractivity contribution in [2.24, 2.45) is 11.0 Å². The number of amides is 2. The van der Waals surface area contributed by atoms with Gasteiger partial charge in [0.2, 0.25) is 5.91 Å². The molecule has 2 aliphatic heterocycles. The second-order valence-electron chi connectivity index (χ2n) is 6.73. The number of hydrogen-bond acceptors (Lipinski definition) is 7. The number of fused-ring (bicyclic) bond motifs is 1. The van der Waals surface area contributed by atoms with Crippen LogP contribution < -0.4 is 15.1 Å². The zero-order chi connectivity index (χ0) is 21.5. The lowest BCUT2D eigenvalue weighted by Crippen LogP contribution is -2.48. The highest BCUT2D eigenvalue weighted by atomic mass is 35.5. The van der Waals surface area contributed by atoms with Crippen LogP contribution in [0.25, 0.3) is 0 Å². The summed E-state index contributed by atoms with van der Waals surface area (Å²) in [5, 5.41) is 4.51. The maximum atomic E-state index is 13.7. The van der Waals surface area contributed by atoms with Gasteiger partial charge in [-0.25, -0.2) is 9.69 Å². The number of carbonyl (C=O) groups is 3. The monoisotopic (exact) mass is 427 g/mol. The molecular formula is C21H18ClN3O5. The van der Waals surface area contributed by atoms with E-state index in [4.69, 9.17) is 21.1 Å². The molecule has 0 aliphatic carbocycles. The fourth-order valence-corrected chi connectivity index (χ4v) is 3.97. The first-order valence-corrected chi connectivity index (χ1v) is 9.62. The first-order chi connectivity index (χ1) is 14.5. The fourth-order valence-electron chi connectivity index (χ4n) is 3.84. The lowest BCUT2D eigenvalue weighted by molar-refractivity contribution is -0.136. The van der Waals surface area contributed by atoms with Gasteiger partial charge in [-0.1, -0.05) is 35.9 Å². The Morgan fingerprint density at radius 3 is 2.57 bits per heavy atom. The Kier molecular flexibility index (Phi) is 4.95. The molecule has 0 unspecified atom stereocenters. The largest absolute Gasteiger partial charge is 0.495 e. The molecule has 0 saturated carbocycles. The quantitative estimate of drug-likeness (QED) is 0.580. The molecule has 30 heavy (non-hydrogen) atoms. The molecule has 9 heteroatoms. The molecule has 2 heterocycles. The van der Waals surface area contributed by atoms with Gasteiger partial charge in [0.1, 0.15) is 11.7 Å². The van der Waals surface area contributed by atoms with Crippen molar-refractivity contribution in [3.05, 3.63) is 59.1 Å². The van der Waals surface area contributed by atoms with Crippen molar-refractivity contribution in [2.45, 2.75) is 12.5 Å². The summed E-state index contributed by atoms with van der Waals surface area (Å²) in [6.07, 6.45) is 0. The molecule has 2 aromatic carbocycles. The van der Waals surface area contributed by atoms with Crippen LogP contribution in [0, 0.1) is 5.92 Å². The number of imide groups is 1. The first-order valence-electron chi connectivity index (χ1n) is 9.25. The molecule has 2 aromatic rings. The van der Waals surface area contributed by atoms with Crippen LogP contribution >= 0.6 is 11.6 Å². The second-order valence-corrected chi connectivity index (χ2v) is 7.16. The van der Waals surface area contributed by atoms with Crippen molar-refractivity contribution in [2.75, 3.05) is 18.6 Å². The number of esters is 1. The van der Waals surface area contributed by atoms with Crippen LogP contribution in [-0.2, 0) is 24.7 Å². The normalized spacial score (nSPS) is 22.4. The van der Waals surface area contributed by atoms with Crippen molar-refractivity contribution in [1.29, 1.82) is 0 Å². The number of rotatable bonds is 5. The van der Waals surface area contributed by atoms with Crippen molar-refractivity contribution in [1.82, 2.24) is 5.43 Å². The van der Waals surface area contributed by atoms with Crippen molar-refractivity contribution < 1.29 is 23.9 Å². The Balaban J connectivity index is 1.89. The summed E-state index contributed by atoms with van der Waals surface area (Å²) in [5.74, 6) is -2.78. The zero-order valence-electron chi connectivity index (χ0n) is 16.2. The van der Waals surface area contributed by atoms with Gasteiger partial charge in [0.25, 0.3) is 5.91 Å². The van der Waals surface area contributed by atoms with E-state index in [0.717, 1.165) is 4.90 Å². The van der Waals surface area contributed by atoms with Gasteiger partial charge in [-0.05, 0) is 36.8 Å². The highest BCUT2D eigenvalue weighted by molar-refractivity contribution is 6.47. The van der Waals surface area contributed by atoms with Crippen LogP contribution in [0.4, 0.5) is 5.69 Å². The number of ether oxygens (including phenoxy) is 2. The summed E-state index contributed by atoms with van der Waals surface area (Å²) in [6.45, 7) is 1.76. The molecule has 154 valence electrons. The van der Waals surface area contributed by atoms with E-state index in [9.17, 15) is 14.4 Å². The molecule has 2 aliphatic rings. The van der Waals surface area contributed by atoms with E-state index >= 15 is 0 Å². The van der Waals surface area contributed by atoms with E-state index in [1.54, 1.807) is 55.5 Å². The number of benzene rings is 2. The highest BCUT2D eigenvalue weighted by Crippen LogP contribution is 2.46. The molecule has 2 amide bonds. The molecule has 0 bridgehead atoms. The van der Waals surface area contributed by atoms with E-state index in [0.29, 0.717) is 16.3 Å². The predicted molar refractivity (Wildman–Crippen MR) is 109 cm³/mol. The number of methoxy groups -OCH3 is 1. The molecule has 2 atom stereocenters. The molecule has 1 fully saturated rings. The molecule has 1 saturated heterocycles. The molecule has 8 nitrogen and oxygen atoms in total. The van der Waals surface area contributed by atoms with Gasteiger partial charge in [0.05, 0.1) is 19.4 Å². The minimum absolute atomic E-state index is 0.108. The Labute approximate surface area is 177 Å². The third kappa shape index (κ3) is 2.75. The summed E-state index contributed by atoms with van der Waals surface area (Å²) < 4.78 is 10.4. The van der Waals surface area contributed by atoms with E-state index < -0.39 is 29.2 Å². The summed E-state index contributed by atoms with van der Waals surface area (Å²) in [4.78, 5) is 40.8. The predicted octanol–water partition coefficient (Wildman–Crippen LogP) is 2.26. The van der Waals surface area contributed by atoms with Crippen LogP contribution in [0.15, 0.2) is 53.6 Å². The standard InChI is InChI=1S/C21H18ClN3O5/c1-3-30-19(27)17-16-18(26)25(14-6-4-5-7-15(14)29-2)20(28)21(16,24-23-17)12-8-10-13(22)11-9-12/h4-11,16,24H,3H2,1-2H3/t16-,21+/m0/s1. The van der Waals surface area contributed by atoms with Crippen LogP contribution in [0.5, 0.6) is 5.75 Å². The van der Waals surface area contributed by atoms with E-state index in [2.05, 4.69) is 10.5 Å². The summed E-state index contributed by atoms with van der Waals surface area (Å²) in [7, 11) is 1.45. The van der Waals surface area contributed by atoms with Gasteiger partial charge >= 0.3 is 5.97 Å². The lowest BCUT2D eigenvalue weighted by Gasteiger charge is -2.26. The molecule has 1 N–H and O–H groups in total. The van der Waals surface area contributed by atoms with Crippen LogP contribution in [0.3, 0.4) is 0 Å². The average molecular weight is 428 g/mol. The molecule has 0 spiro atoms. The third-order valence-corrected chi connectivity index (χ3v) is 5.43. The number of hydrogen-bond donors (Lipinski definition) is 1. The number of halogens is 1. The Hall–Kier alpha value is -3.39. The lowest BCUT2D eigenvalue weighted by atomic mass is 9.79. The van der Waals surface area contributed by atoms with E-state index in [1.165, 1.54) is 7.11 Å². The Bertz CT molecular complexity index is 1070. The van der Waals surface area contributed by atoms with Crippen LogP contribution in [0.1, 0.15) is 12.5 Å². The summed E-state index contributed by atoms with van der Waals surface area (Å²) in [5.41, 5.74) is 1.76. The van der Waals surface area contributed by atoms with Crippen molar-refractivity contribution in [3.63, 3.8) is 0 Å². The summed E-state index contributed by atoms with van der Waals surface area (Å²) in [6, 6.07) is 13.1. The smallest absolute Gasteiger partial charge is 0.355 e. The fraction of sp³-hybridized carbons (Fsp3) is 0.238. The van der Waals surface area contributed by atoms with Gasteiger partial charge in [-0.15, -0.1) is 0 Å². The summed E-state index contributed by atoms with van der Waals surface area (Å²) >= 11 is 6.01. The van der Waals surface area contributed by atoms with Crippen molar-refractivity contribution in [3.8, 4) is 5.75 Å². The Morgan fingerprint density at radius 2 is 1.90 bits per heavy atom. The maximum absolute atomic E-state index is 13.7. The first kappa shape index (κ1) is 19.9. The van der Waals surface area contributed by atoms with Crippen LogP contribution in [0.2, 0.25) is 5.02 Å². The third-order valence-electron chi connectivity index (χ3n) is 5.18. The van der Waals surface area contributed by atoms with Gasteiger partial charge in [-0.2, -0.15) is 5.10 Å². The van der Waals surface area contributed by atoms with Gasteiger partial charge in [0.15, 0.2) is 11.3 Å². The molecule has 4 rings (SSSR count). The van der Waals surface area contributed by atoms with Gasteiger partial charge < -0.3 is 9.47 Å². The van der Waals surface area contributed by atoms with Gasteiger partial charge in [-0.3, -0.25) is 15.0 Å². The highest BCUT2D eigenvalue weighted by Gasteiger charge is 2.67. The zero-order valence-corrected chi connectivity index (χ0v) is 17.0. The number of anilines is 1. The number of nitrogens with one attached hydrogen (secondary N) is 1. The molecular weight excluding hydrogens is 410 g/mol. The second kappa shape index (κ2) is 7.46. The minimum atomic E-state index is -1.59. The topological polar surface area (TPSA) is 97.3 Å². The molecule has 0 radical (unpaired) electrons. The Morgan fingerprint density at radius 1 is 1.20 bits per heavy atom. The molecule has 0 aromatic heterocycles. The van der Waals surface area contributed by atoms with E-state index in [-0.39, 0.29) is 18.0 Å². The van der Waals surface area contributed by atoms with E-state index in [1.807, 2.05) is 0 Å². The number of carbonyl (C=O) groups excluding carboxylic acids is 3. The average Bonchev–Trinajstić information content (AvgIpc) is 3.25. The van der Waals surface area contributed by atoms with Gasteiger partial charge in [0, 0.05) is 5.02 Å². The minimum Gasteiger partial charge on any atom is -0.495 e. The number of hydrazone groups is 1. The SMILES string of the molecule is CCOC(=O)C1=NN[C@@]2(c3ccc(Cl)cc3)C(=O)N(c3ccccc3OC)C(=O)[C@H]12. The maximum Gasteiger partial charge on any atom is 0.355 e. The van der Waals surface area contributed by atoms with Crippen LogP contribution in [-0.4, -0.2) is 37.2 Å². The van der Waals surface area contributed by atoms with Crippen molar-refractivity contribution >= 4 is 40.8 Å².